The number of anilines is 1. The van der Waals surface area contributed by atoms with Crippen molar-refractivity contribution in [2.45, 2.75) is 4.21 Å². The molecule has 2 aromatic rings. The number of halogens is 2. The van der Waals surface area contributed by atoms with Crippen LogP contribution in [0.4, 0.5) is 10.1 Å². The largest absolute Gasteiger partial charge is 0.476 e. The summed E-state index contributed by atoms with van der Waals surface area (Å²) in [5.74, 6) is -2.19. The summed E-state index contributed by atoms with van der Waals surface area (Å²) in [6, 6.07) is 3.13. The van der Waals surface area contributed by atoms with Gasteiger partial charge in [0.2, 0.25) is 0 Å². The number of aromatic carboxylic acids is 1. The Bertz CT molecular complexity index is 755. The molecule has 2 N–H and O–H groups in total. The number of carboxylic acid groups (broad SMARTS) is 1. The molecule has 0 amide bonds. The van der Waals surface area contributed by atoms with Crippen molar-refractivity contribution in [3.8, 4) is 0 Å². The van der Waals surface area contributed by atoms with Crippen LogP contribution in [0.2, 0.25) is 5.02 Å². The Morgan fingerprint density at radius 2 is 2.10 bits per heavy atom. The lowest BCUT2D eigenvalue weighted by molar-refractivity contribution is 0.0687. The third-order valence-corrected chi connectivity index (χ3v) is 5.07. The fourth-order valence-electron chi connectivity index (χ4n) is 1.38. The summed E-state index contributed by atoms with van der Waals surface area (Å²) in [5.41, 5.74) is 0.390. The molecule has 0 aliphatic carbocycles. The van der Waals surface area contributed by atoms with Crippen LogP contribution in [0.1, 0.15) is 10.5 Å². The summed E-state index contributed by atoms with van der Waals surface area (Å²) in [4.78, 5) is 14.3. The third-order valence-electron chi connectivity index (χ3n) is 2.10. The fourth-order valence-corrected chi connectivity index (χ4v) is 3.79. The first-order valence-corrected chi connectivity index (χ1v) is 7.69. The number of sulfonamides is 1. The van der Waals surface area contributed by atoms with Crippen molar-refractivity contribution < 1.29 is 22.7 Å². The van der Waals surface area contributed by atoms with Crippen molar-refractivity contribution in [3.05, 3.63) is 40.2 Å². The Morgan fingerprint density at radius 1 is 1.40 bits per heavy atom. The zero-order chi connectivity index (χ0) is 14.9. The van der Waals surface area contributed by atoms with Crippen molar-refractivity contribution in [3.63, 3.8) is 0 Å². The number of carbonyl (C=O) groups is 1. The minimum atomic E-state index is -4.18. The molecule has 0 atom stereocenters. The molecular formula is C10H6ClFN2O4S2. The van der Waals surface area contributed by atoms with E-state index < -0.39 is 31.7 Å². The molecule has 10 heteroatoms. The van der Waals surface area contributed by atoms with Crippen LogP contribution in [0.5, 0.6) is 0 Å². The predicted molar refractivity (Wildman–Crippen MR) is 71.3 cm³/mol. The number of carboxylic acids is 1. The average Bonchev–Trinajstić information content (AvgIpc) is 2.75. The Labute approximate surface area is 121 Å². The molecule has 1 heterocycles. The lowest BCUT2D eigenvalue weighted by atomic mass is 10.3. The van der Waals surface area contributed by atoms with Crippen molar-refractivity contribution >= 4 is 44.6 Å². The van der Waals surface area contributed by atoms with E-state index in [1.165, 1.54) is 6.07 Å². The normalized spacial score (nSPS) is 11.3. The van der Waals surface area contributed by atoms with Crippen molar-refractivity contribution in [2.75, 3.05) is 4.72 Å². The zero-order valence-electron chi connectivity index (χ0n) is 9.50. The van der Waals surface area contributed by atoms with Gasteiger partial charge in [-0.3, -0.25) is 4.72 Å². The second-order valence-corrected chi connectivity index (χ2v) is 6.73. The van der Waals surface area contributed by atoms with Gasteiger partial charge in [-0.25, -0.2) is 22.6 Å². The summed E-state index contributed by atoms with van der Waals surface area (Å²) in [6.45, 7) is 0. The molecule has 0 radical (unpaired) electrons. The summed E-state index contributed by atoms with van der Waals surface area (Å²) in [5, 5.41) is 8.85. The van der Waals surface area contributed by atoms with Crippen LogP contribution in [-0.2, 0) is 10.0 Å². The molecular weight excluding hydrogens is 331 g/mol. The summed E-state index contributed by atoms with van der Waals surface area (Å²) < 4.78 is 38.8. The first kappa shape index (κ1) is 14.7. The minimum Gasteiger partial charge on any atom is -0.476 e. The van der Waals surface area contributed by atoms with Gasteiger partial charge in [0, 0.05) is 5.02 Å². The summed E-state index contributed by atoms with van der Waals surface area (Å²) in [7, 11) is -4.18. The molecule has 0 spiro atoms. The molecule has 0 saturated heterocycles. The number of nitrogens with one attached hydrogen (secondary N) is 1. The molecule has 0 aliphatic rings. The van der Waals surface area contributed by atoms with E-state index in [9.17, 15) is 17.6 Å². The minimum absolute atomic E-state index is 0.00506. The molecule has 6 nitrogen and oxygen atoms in total. The van der Waals surface area contributed by atoms with Gasteiger partial charge in [0.15, 0.2) is 9.90 Å². The highest BCUT2D eigenvalue weighted by Crippen LogP contribution is 2.25. The second-order valence-electron chi connectivity index (χ2n) is 3.56. The molecule has 20 heavy (non-hydrogen) atoms. The van der Waals surface area contributed by atoms with Crippen molar-refractivity contribution in [1.29, 1.82) is 0 Å². The van der Waals surface area contributed by atoms with E-state index in [-0.39, 0.29) is 10.7 Å². The average molecular weight is 337 g/mol. The molecule has 106 valence electrons. The van der Waals surface area contributed by atoms with Crippen molar-refractivity contribution in [2.24, 2.45) is 0 Å². The van der Waals surface area contributed by atoms with Gasteiger partial charge < -0.3 is 5.11 Å². The van der Waals surface area contributed by atoms with E-state index in [1.54, 1.807) is 0 Å². The fraction of sp³-hybridized carbons (Fsp3) is 0. The molecule has 0 saturated carbocycles. The van der Waals surface area contributed by atoms with Gasteiger partial charge in [0.1, 0.15) is 5.82 Å². The standard InChI is InChI=1S/C10H6ClFN2O4S2/c11-5-1-6(12)3-7(2-5)14-20(17,18)10-8(9(15)16)13-4-19-10/h1-4,14H,(H,15,16). The van der Waals surface area contributed by atoms with Gasteiger partial charge in [-0.05, 0) is 18.2 Å². The molecule has 1 aromatic heterocycles. The van der Waals surface area contributed by atoms with Crippen LogP contribution in [-0.4, -0.2) is 24.5 Å². The van der Waals surface area contributed by atoms with E-state index in [4.69, 9.17) is 16.7 Å². The number of aromatic nitrogens is 1. The second kappa shape index (κ2) is 5.35. The van der Waals surface area contributed by atoms with Crippen LogP contribution >= 0.6 is 22.9 Å². The first-order chi connectivity index (χ1) is 9.29. The van der Waals surface area contributed by atoms with Gasteiger partial charge in [0.25, 0.3) is 10.0 Å². The predicted octanol–water partition coefficient (Wildman–Crippen LogP) is 2.43. The monoisotopic (exact) mass is 336 g/mol. The Kier molecular flexibility index (Phi) is 3.93. The smallest absolute Gasteiger partial charge is 0.356 e. The SMILES string of the molecule is O=C(O)c1ncsc1S(=O)(=O)Nc1cc(F)cc(Cl)c1. The molecule has 1 aromatic carbocycles. The van der Waals surface area contributed by atoms with Crippen LogP contribution in [0.25, 0.3) is 0 Å². The lowest BCUT2D eigenvalue weighted by Crippen LogP contribution is -2.15. The van der Waals surface area contributed by atoms with Gasteiger partial charge >= 0.3 is 5.97 Å². The zero-order valence-corrected chi connectivity index (χ0v) is 11.9. The summed E-state index contributed by atoms with van der Waals surface area (Å²) >= 11 is 6.25. The summed E-state index contributed by atoms with van der Waals surface area (Å²) in [6.07, 6.45) is 0. The van der Waals surface area contributed by atoms with Gasteiger partial charge in [-0.15, -0.1) is 11.3 Å². The maximum Gasteiger partial charge on any atom is 0.356 e. The van der Waals surface area contributed by atoms with E-state index in [1.807, 2.05) is 0 Å². The van der Waals surface area contributed by atoms with Gasteiger partial charge in [-0.2, -0.15) is 0 Å². The highest BCUT2D eigenvalue weighted by molar-refractivity contribution is 7.94. The number of nitrogens with zero attached hydrogens (tertiary/aromatic N) is 1. The molecule has 0 bridgehead atoms. The highest BCUT2D eigenvalue weighted by atomic mass is 35.5. The van der Waals surface area contributed by atoms with E-state index in [2.05, 4.69) is 9.71 Å². The Morgan fingerprint density at radius 3 is 2.70 bits per heavy atom. The van der Waals surface area contributed by atoms with Gasteiger partial charge in [0.05, 0.1) is 11.2 Å². The maximum absolute atomic E-state index is 13.1. The quantitative estimate of drug-likeness (QED) is 0.893. The Balaban J connectivity index is 2.41. The number of rotatable bonds is 4. The van der Waals surface area contributed by atoms with Crippen LogP contribution < -0.4 is 4.72 Å². The number of thiazole rings is 1. The highest BCUT2D eigenvalue weighted by Gasteiger charge is 2.26. The number of hydrogen-bond acceptors (Lipinski definition) is 5. The molecule has 0 fully saturated rings. The first-order valence-electron chi connectivity index (χ1n) is 4.95. The van der Waals surface area contributed by atoms with Crippen molar-refractivity contribution in [1.82, 2.24) is 4.98 Å². The van der Waals surface area contributed by atoms with Crippen LogP contribution in [0, 0.1) is 5.82 Å². The van der Waals surface area contributed by atoms with E-state index >= 15 is 0 Å². The van der Waals surface area contributed by atoms with Crippen LogP contribution in [0.3, 0.4) is 0 Å². The Hall–Kier alpha value is -1.71. The molecule has 0 aliphatic heterocycles. The van der Waals surface area contributed by atoms with E-state index in [0.29, 0.717) is 11.3 Å². The lowest BCUT2D eigenvalue weighted by Gasteiger charge is -2.07. The maximum atomic E-state index is 13.1. The topological polar surface area (TPSA) is 96.4 Å². The number of hydrogen-bond donors (Lipinski definition) is 2. The van der Waals surface area contributed by atoms with Gasteiger partial charge in [-0.1, -0.05) is 11.6 Å². The number of benzene rings is 1. The van der Waals surface area contributed by atoms with Crippen LogP contribution in [0.15, 0.2) is 27.9 Å². The molecule has 0 unspecified atom stereocenters. The molecule has 2 rings (SSSR count). The third kappa shape index (κ3) is 3.06. The van der Waals surface area contributed by atoms with E-state index in [0.717, 1.165) is 17.6 Å².